The van der Waals surface area contributed by atoms with E-state index < -0.39 is 0 Å². The van der Waals surface area contributed by atoms with Gasteiger partial charge in [0.25, 0.3) is 0 Å². The van der Waals surface area contributed by atoms with Gasteiger partial charge in [-0.15, -0.1) is 0 Å². The topological polar surface area (TPSA) is 41.9 Å². The van der Waals surface area contributed by atoms with Crippen LogP contribution in [0.3, 0.4) is 0 Å². The van der Waals surface area contributed by atoms with Gasteiger partial charge in [0.2, 0.25) is 0 Å². The van der Waals surface area contributed by atoms with E-state index in [1.54, 1.807) is 0 Å². The average molecular weight is 446 g/mol. The van der Waals surface area contributed by atoms with Crippen molar-refractivity contribution in [3.63, 3.8) is 0 Å². The SMILES string of the molecule is Oc1ccc2c3c1O[C@H]1CCC[C@@]4(OCCCc5ccccc5)C(C2)N(CC2CC2)CC[C@]314. The van der Waals surface area contributed by atoms with Crippen LogP contribution in [0.15, 0.2) is 42.5 Å². The summed E-state index contributed by atoms with van der Waals surface area (Å²) in [5, 5.41) is 10.7. The second kappa shape index (κ2) is 7.48. The summed E-state index contributed by atoms with van der Waals surface area (Å²) in [6, 6.07) is 15.2. The van der Waals surface area contributed by atoms with Crippen LogP contribution in [0.25, 0.3) is 0 Å². The molecule has 0 amide bonds. The Morgan fingerprint density at radius 1 is 1.06 bits per heavy atom. The van der Waals surface area contributed by atoms with E-state index in [9.17, 15) is 5.11 Å². The lowest BCUT2D eigenvalue weighted by atomic mass is 9.49. The summed E-state index contributed by atoms with van der Waals surface area (Å²) in [7, 11) is 0. The van der Waals surface area contributed by atoms with E-state index in [1.165, 1.54) is 36.1 Å². The fraction of sp³-hybridized carbons (Fsp3) is 0.586. The zero-order chi connectivity index (χ0) is 22.0. The van der Waals surface area contributed by atoms with Crippen LogP contribution in [0.2, 0.25) is 0 Å². The number of ether oxygens (including phenoxy) is 2. The first-order valence-electron chi connectivity index (χ1n) is 13.2. The van der Waals surface area contributed by atoms with E-state index in [4.69, 9.17) is 9.47 Å². The summed E-state index contributed by atoms with van der Waals surface area (Å²) in [6.07, 6.45) is 10.4. The summed E-state index contributed by atoms with van der Waals surface area (Å²) >= 11 is 0. The number of phenolic OH excluding ortho intramolecular Hbond substituents is 1. The molecule has 2 aliphatic heterocycles. The number of nitrogens with zero attached hydrogens (tertiary/aromatic N) is 1. The smallest absolute Gasteiger partial charge is 0.165 e. The molecule has 2 aromatic carbocycles. The Labute approximate surface area is 196 Å². The van der Waals surface area contributed by atoms with Crippen molar-refractivity contribution in [2.75, 3.05) is 19.7 Å². The number of hydrogen-bond donors (Lipinski definition) is 1. The molecule has 2 heterocycles. The zero-order valence-electron chi connectivity index (χ0n) is 19.5. The molecule has 7 rings (SSSR count). The Morgan fingerprint density at radius 3 is 2.79 bits per heavy atom. The van der Waals surface area contributed by atoms with Crippen molar-refractivity contribution in [3.8, 4) is 11.5 Å². The third kappa shape index (κ3) is 2.89. The van der Waals surface area contributed by atoms with Gasteiger partial charge in [0.05, 0.1) is 11.0 Å². The molecular formula is C29H35NO3. The molecule has 3 aliphatic carbocycles. The Hall–Kier alpha value is -2.04. The van der Waals surface area contributed by atoms with Gasteiger partial charge in [-0.2, -0.15) is 0 Å². The molecule has 4 heteroatoms. The minimum absolute atomic E-state index is 0.107. The van der Waals surface area contributed by atoms with Gasteiger partial charge in [0, 0.05) is 24.8 Å². The van der Waals surface area contributed by atoms with Crippen molar-refractivity contribution in [2.45, 2.75) is 80.9 Å². The molecule has 4 nitrogen and oxygen atoms in total. The van der Waals surface area contributed by atoms with Gasteiger partial charge in [0.1, 0.15) is 6.10 Å². The molecule has 174 valence electrons. The predicted molar refractivity (Wildman–Crippen MR) is 128 cm³/mol. The second-order valence-corrected chi connectivity index (χ2v) is 11.2. The zero-order valence-corrected chi connectivity index (χ0v) is 19.5. The highest BCUT2D eigenvalue weighted by Crippen LogP contribution is 2.66. The number of phenols is 1. The molecule has 3 fully saturated rings. The molecule has 1 spiro atoms. The van der Waals surface area contributed by atoms with E-state index in [0.29, 0.717) is 11.8 Å². The first kappa shape index (κ1) is 20.3. The number of piperidine rings is 1. The molecule has 1 N–H and O–H groups in total. The van der Waals surface area contributed by atoms with Crippen molar-refractivity contribution >= 4 is 0 Å². The number of aryl methyl sites for hydroxylation is 1. The maximum atomic E-state index is 10.7. The molecule has 0 aromatic heterocycles. The van der Waals surface area contributed by atoms with Crippen LogP contribution in [0, 0.1) is 5.92 Å². The fourth-order valence-electron chi connectivity index (χ4n) is 7.91. The van der Waals surface area contributed by atoms with Crippen LogP contribution in [-0.4, -0.2) is 47.4 Å². The van der Waals surface area contributed by atoms with E-state index >= 15 is 0 Å². The monoisotopic (exact) mass is 445 g/mol. The lowest BCUT2D eigenvalue weighted by Gasteiger charge is -2.65. The van der Waals surface area contributed by atoms with E-state index in [1.807, 2.05) is 6.07 Å². The Bertz CT molecular complexity index is 1050. The van der Waals surface area contributed by atoms with Crippen LogP contribution < -0.4 is 4.74 Å². The van der Waals surface area contributed by atoms with Gasteiger partial charge in [0.15, 0.2) is 11.5 Å². The molecule has 1 unspecified atom stereocenters. The lowest BCUT2D eigenvalue weighted by Crippen LogP contribution is -2.76. The standard InChI is InChI=1S/C29H35NO3/c31-23-13-12-22-18-24-29(32-17-5-8-20-6-2-1-3-7-20)14-4-9-25-28(29,26(22)27(23)33-25)15-16-30(24)19-21-10-11-21/h1-3,6-7,12-13,21,24-25,31H,4-5,8-11,14-19H2/t24?,25-,28+,29+/m0/s1. The summed E-state index contributed by atoms with van der Waals surface area (Å²) < 4.78 is 13.8. The van der Waals surface area contributed by atoms with Gasteiger partial charge < -0.3 is 14.6 Å². The molecule has 5 aliphatic rings. The minimum atomic E-state index is -0.203. The molecule has 1 saturated heterocycles. The van der Waals surface area contributed by atoms with Crippen LogP contribution in [0.1, 0.15) is 61.6 Å². The van der Waals surface area contributed by atoms with E-state index in [2.05, 4.69) is 41.3 Å². The fourth-order valence-corrected chi connectivity index (χ4v) is 7.91. The van der Waals surface area contributed by atoms with Gasteiger partial charge in [-0.05, 0) is 87.4 Å². The first-order valence-corrected chi connectivity index (χ1v) is 13.2. The Kier molecular flexibility index (Phi) is 4.61. The minimum Gasteiger partial charge on any atom is -0.504 e. The predicted octanol–water partition coefficient (Wildman–Crippen LogP) is 5.00. The van der Waals surface area contributed by atoms with Gasteiger partial charge >= 0.3 is 0 Å². The molecular weight excluding hydrogens is 410 g/mol. The van der Waals surface area contributed by atoms with E-state index in [0.717, 1.165) is 69.8 Å². The number of likely N-dealkylation sites (tertiary alicyclic amines) is 1. The molecule has 2 aromatic rings. The maximum Gasteiger partial charge on any atom is 0.165 e. The largest absolute Gasteiger partial charge is 0.504 e. The van der Waals surface area contributed by atoms with Gasteiger partial charge in [-0.3, -0.25) is 4.90 Å². The van der Waals surface area contributed by atoms with Crippen molar-refractivity contribution in [1.29, 1.82) is 0 Å². The molecule has 2 bridgehead atoms. The highest BCUT2D eigenvalue weighted by Gasteiger charge is 2.72. The van der Waals surface area contributed by atoms with Crippen LogP contribution >= 0.6 is 0 Å². The van der Waals surface area contributed by atoms with Crippen molar-refractivity contribution in [2.24, 2.45) is 5.92 Å². The number of benzene rings is 2. The lowest BCUT2D eigenvalue weighted by molar-refractivity contribution is -0.216. The quantitative estimate of drug-likeness (QED) is 0.609. The number of rotatable bonds is 7. The summed E-state index contributed by atoms with van der Waals surface area (Å²) in [4.78, 5) is 2.79. The summed E-state index contributed by atoms with van der Waals surface area (Å²) in [6.45, 7) is 3.15. The average Bonchev–Trinajstić information content (AvgIpc) is 3.58. The summed E-state index contributed by atoms with van der Waals surface area (Å²) in [5.74, 6) is 1.96. The molecule has 0 radical (unpaired) electrons. The maximum absolute atomic E-state index is 10.7. The normalized spacial score (nSPS) is 34.1. The third-order valence-corrected chi connectivity index (χ3v) is 9.44. The highest BCUT2D eigenvalue weighted by atomic mass is 16.5. The van der Waals surface area contributed by atoms with Crippen molar-refractivity contribution in [3.05, 3.63) is 59.2 Å². The summed E-state index contributed by atoms with van der Waals surface area (Å²) in [5.41, 5.74) is 3.77. The highest BCUT2D eigenvalue weighted by molar-refractivity contribution is 5.62. The van der Waals surface area contributed by atoms with Crippen molar-refractivity contribution in [1.82, 2.24) is 4.90 Å². The van der Waals surface area contributed by atoms with Gasteiger partial charge in [-0.25, -0.2) is 0 Å². The first-order chi connectivity index (χ1) is 16.2. The number of aromatic hydroxyl groups is 1. The van der Waals surface area contributed by atoms with Crippen molar-refractivity contribution < 1.29 is 14.6 Å². The molecule has 33 heavy (non-hydrogen) atoms. The van der Waals surface area contributed by atoms with Crippen LogP contribution in [0.4, 0.5) is 0 Å². The Balaban J connectivity index is 1.26. The molecule has 4 atom stereocenters. The van der Waals surface area contributed by atoms with E-state index in [-0.39, 0.29) is 17.1 Å². The van der Waals surface area contributed by atoms with Gasteiger partial charge in [-0.1, -0.05) is 36.4 Å². The Morgan fingerprint density at radius 2 is 1.94 bits per heavy atom. The second-order valence-electron chi connectivity index (χ2n) is 11.2. The van der Waals surface area contributed by atoms with Crippen LogP contribution in [0.5, 0.6) is 11.5 Å². The third-order valence-electron chi connectivity index (χ3n) is 9.44. The number of hydrogen-bond acceptors (Lipinski definition) is 4. The van der Waals surface area contributed by atoms with Crippen LogP contribution in [-0.2, 0) is 23.0 Å². The molecule has 2 saturated carbocycles.